The second-order valence-electron chi connectivity index (χ2n) is 6.80. The van der Waals surface area contributed by atoms with E-state index in [1.54, 1.807) is 18.6 Å². The fourth-order valence-electron chi connectivity index (χ4n) is 3.01. The molecule has 10 heteroatoms. The molecule has 1 fully saturated rings. The Hall–Kier alpha value is -2.07. The first-order valence-corrected chi connectivity index (χ1v) is 11.5. The van der Waals surface area contributed by atoms with Gasteiger partial charge >= 0.3 is 0 Å². The highest BCUT2D eigenvalue weighted by atomic mass is 35.5. The van der Waals surface area contributed by atoms with Gasteiger partial charge in [-0.3, -0.25) is 9.69 Å². The third kappa shape index (κ3) is 5.96. The largest absolute Gasteiger partial charge is 0.472 e. The van der Waals surface area contributed by atoms with Gasteiger partial charge < -0.3 is 19.8 Å². The van der Waals surface area contributed by atoms with Crippen LogP contribution in [0.3, 0.4) is 0 Å². The molecule has 3 rings (SSSR count). The first kappa shape index (κ1) is 21.6. The first-order chi connectivity index (χ1) is 13.8. The Morgan fingerprint density at radius 1 is 1.28 bits per heavy atom. The van der Waals surface area contributed by atoms with Gasteiger partial charge in [-0.05, 0) is 18.2 Å². The van der Waals surface area contributed by atoms with Crippen molar-refractivity contribution in [1.82, 2.24) is 10.2 Å². The zero-order valence-corrected chi connectivity index (χ0v) is 17.7. The standard InChI is InChI=1S/C19H24ClN3O5S/c1-29(25,26)18-10-15(19(24)21-3-4-23-5-8-27-9-6-23)17(11-16(18)20)22-12-14-2-7-28-13-14/h2,7,10-11,13,22H,3-6,8-9,12H2,1H3,(H,21,24). The van der Waals surface area contributed by atoms with Crippen LogP contribution in [-0.4, -0.2) is 64.9 Å². The average molecular weight is 442 g/mol. The molecular formula is C19H24ClN3O5S. The van der Waals surface area contributed by atoms with Gasteiger partial charge in [0.05, 0.1) is 41.2 Å². The van der Waals surface area contributed by atoms with Crippen LogP contribution >= 0.6 is 11.6 Å². The van der Waals surface area contributed by atoms with E-state index >= 15 is 0 Å². The summed E-state index contributed by atoms with van der Waals surface area (Å²) in [6.07, 6.45) is 4.20. The molecule has 1 aliphatic rings. The van der Waals surface area contributed by atoms with Crippen molar-refractivity contribution in [3.8, 4) is 0 Å². The number of nitrogens with zero attached hydrogens (tertiary/aromatic N) is 1. The van der Waals surface area contributed by atoms with Crippen molar-refractivity contribution in [3.05, 3.63) is 46.9 Å². The third-order valence-corrected chi connectivity index (χ3v) is 6.16. The maximum Gasteiger partial charge on any atom is 0.253 e. The Kier molecular flexibility index (Phi) is 7.18. The zero-order chi connectivity index (χ0) is 20.9. The van der Waals surface area contributed by atoms with Crippen LogP contribution in [0.15, 0.2) is 40.0 Å². The second kappa shape index (κ2) is 9.62. The minimum atomic E-state index is -3.58. The van der Waals surface area contributed by atoms with Gasteiger partial charge in [0.15, 0.2) is 9.84 Å². The van der Waals surface area contributed by atoms with Crippen molar-refractivity contribution in [2.75, 3.05) is 51.0 Å². The zero-order valence-electron chi connectivity index (χ0n) is 16.1. The molecule has 158 valence electrons. The van der Waals surface area contributed by atoms with E-state index in [2.05, 4.69) is 15.5 Å². The molecule has 0 spiro atoms. The molecule has 0 aliphatic carbocycles. The van der Waals surface area contributed by atoms with Crippen molar-refractivity contribution in [2.45, 2.75) is 11.4 Å². The second-order valence-corrected chi connectivity index (χ2v) is 9.19. The summed E-state index contributed by atoms with van der Waals surface area (Å²) in [6, 6.07) is 4.58. The van der Waals surface area contributed by atoms with Gasteiger partial charge in [-0.1, -0.05) is 11.6 Å². The molecule has 2 heterocycles. The monoisotopic (exact) mass is 441 g/mol. The van der Waals surface area contributed by atoms with Crippen LogP contribution in [0.25, 0.3) is 0 Å². The fourth-order valence-corrected chi connectivity index (χ4v) is 4.34. The Labute approximate surface area is 175 Å². The number of hydrogen-bond donors (Lipinski definition) is 2. The van der Waals surface area contributed by atoms with Crippen molar-refractivity contribution in [3.63, 3.8) is 0 Å². The van der Waals surface area contributed by atoms with Crippen LogP contribution in [0.2, 0.25) is 5.02 Å². The van der Waals surface area contributed by atoms with Gasteiger partial charge in [0.2, 0.25) is 0 Å². The van der Waals surface area contributed by atoms with Gasteiger partial charge in [-0.15, -0.1) is 0 Å². The van der Waals surface area contributed by atoms with E-state index in [1.165, 1.54) is 12.1 Å². The summed E-state index contributed by atoms with van der Waals surface area (Å²) in [6.45, 7) is 4.56. The van der Waals surface area contributed by atoms with E-state index in [4.69, 9.17) is 20.8 Å². The van der Waals surface area contributed by atoms with Crippen LogP contribution in [0.4, 0.5) is 5.69 Å². The lowest BCUT2D eigenvalue weighted by atomic mass is 10.1. The minimum absolute atomic E-state index is 0.0621. The van der Waals surface area contributed by atoms with Gasteiger partial charge in [-0.25, -0.2) is 8.42 Å². The summed E-state index contributed by atoms with van der Waals surface area (Å²) in [5.74, 6) is -0.366. The number of rotatable bonds is 8. The predicted molar refractivity (Wildman–Crippen MR) is 110 cm³/mol. The topological polar surface area (TPSA) is 101 Å². The Morgan fingerprint density at radius 2 is 2.03 bits per heavy atom. The first-order valence-electron chi connectivity index (χ1n) is 9.21. The molecule has 8 nitrogen and oxygen atoms in total. The van der Waals surface area contributed by atoms with Crippen molar-refractivity contribution < 1.29 is 22.4 Å². The summed E-state index contributed by atoms with van der Waals surface area (Å²) < 4.78 is 34.4. The number of morpholine rings is 1. The summed E-state index contributed by atoms with van der Waals surface area (Å²) in [7, 11) is -3.58. The third-order valence-electron chi connectivity index (χ3n) is 4.60. The molecule has 0 saturated carbocycles. The SMILES string of the molecule is CS(=O)(=O)c1cc(C(=O)NCCN2CCOCC2)c(NCc2ccoc2)cc1Cl. The van der Waals surface area contributed by atoms with Gasteiger partial charge in [0.25, 0.3) is 5.91 Å². The molecule has 0 unspecified atom stereocenters. The molecule has 1 aliphatic heterocycles. The normalized spacial score (nSPS) is 15.2. The number of amides is 1. The molecule has 29 heavy (non-hydrogen) atoms. The van der Waals surface area contributed by atoms with Crippen molar-refractivity contribution in [1.29, 1.82) is 0 Å². The number of halogens is 1. The maximum absolute atomic E-state index is 12.8. The number of ether oxygens (including phenoxy) is 1. The van der Waals surface area contributed by atoms with E-state index in [9.17, 15) is 13.2 Å². The molecule has 0 radical (unpaired) electrons. The molecule has 2 N–H and O–H groups in total. The lowest BCUT2D eigenvalue weighted by Gasteiger charge is -2.26. The van der Waals surface area contributed by atoms with E-state index in [1.807, 2.05) is 0 Å². The number of benzene rings is 1. The molecule has 1 aromatic heterocycles. The van der Waals surface area contributed by atoms with Crippen LogP contribution in [-0.2, 0) is 21.1 Å². The maximum atomic E-state index is 12.8. The molecule has 2 aromatic rings. The number of carbonyl (C=O) groups excluding carboxylic acids is 1. The van der Waals surface area contributed by atoms with E-state index in [-0.39, 0.29) is 21.4 Å². The number of carbonyl (C=O) groups is 1. The minimum Gasteiger partial charge on any atom is -0.472 e. The lowest BCUT2D eigenvalue weighted by Crippen LogP contribution is -2.41. The van der Waals surface area contributed by atoms with Crippen LogP contribution < -0.4 is 10.6 Å². The molecule has 0 atom stereocenters. The quantitative estimate of drug-likeness (QED) is 0.646. The number of anilines is 1. The molecular weight excluding hydrogens is 418 g/mol. The summed E-state index contributed by atoms with van der Waals surface area (Å²) in [5, 5.41) is 6.05. The summed E-state index contributed by atoms with van der Waals surface area (Å²) in [5.41, 5.74) is 1.56. The number of nitrogens with one attached hydrogen (secondary N) is 2. The smallest absolute Gasteiger partial charge is 0.253 e. The number of hydrogen-bond acceptors (Lipinski definition) is 7. The fraction of sp³-hybridized carbons (Fsp3) is 0.421. The summed E-state index contributed by atoms with van der Waals surface area (Å²) >= 11 is 6.17. The number of furan rings is 1. The van der Waals surface area contributed by atoms with E-state index < -0.39 is 9.84 Å². The molecule has 0 bridgehead atoms. The summed E-state index contributed by atoms with van der Waals surface area (Å²) in [4.78, 5) is 14.9. The average Bonchev–Trinajstić information content (AvgIpc) is 3.19. The van der Waals surface area contributed by atoms with E-state index in [0.717, 1.165) is 24.9 Å². The highest BCUT2D eigenvalue weighted by Crippen LogP contribution is 2.29. The van der Waals surface area contributed by atoms with Crippen LogP contribution in [0.1, 0.15) is 15.9 Å². The van der Waals surface area contributed by atoms with Crippen molar-refractivity contribution >= 4 is 33.0 Å². The lowest BCUT2D eigenvalue weighted by molar-refractivity contribution is 0.0383. The highest BCUT2D eigenvalue weighted by Gasteiger charge is 2.20. The number of sulfone groups is 1. The van der Waals surface area contributed by atoms with Gasteiger partial charge in [0.1, 0.15) is 0 Å². The highest BCUT2D eigenvalue weighted by molar-refractivity contribution is 7.90. The van der Waals surface area contributed by atoms with E-state index in [0.29, 0.717) is 38.5 Å². The van der Waals surface area contributed by atoms with Crippen LogP contribution in [0, 0.1) is 0 Å². The Bertz CT molecular complexity index is 941. The van der Waals surface area contributed by atoms with Gasteiger partial charge in [0, 0.05) is 50.2 Å². The Balaban J connectivity index is 1.75. The van der Waals surface area contributed by atoms with Crippen LogP contribution in [0.5, 0.6) is 0 Å². The van der Waals surface area contributed by atoms with Gasteiger partial charge in [-0.2, -0.15) is 0 Å². The van der Waals surface area contributed by atoms with Crippen molar-refractivity contribution in [2.24, 2.45) is 0 Å². The molecule has 1 aromatic carbocycles. The predicted octanol–water partition coefficient (Wildman–Crippen LogP) is 2.01. The molecule has 1 saturated heterocycles. The Morgan fingerprint density at radius 3 is 2.69 bits per heavy atom. The molecule has 1 amide bonds.